The molecular formula is C6H7Cl3O2. The predicted molar refractivity (Wildman–Crippen MR) is 44.0 cm³/mol. The fraction of sp³-hybridized carbons (Fsp3) is 0.833. The van der Waals surface area contributed by atoms with Crippen molar-refractivity contribution in [2.75, 3.05) is 6.61 Å². The van der Waals surface area contributed by atoms with Crippen LogP contribution in [0.4, 0.5) is 0 Å². The van der Waals surface area contributed by atoms with E-state index in [1.165, 1.54) is 0 Å². The third-order valence-corrected chi connectivity index (χ3v) is 1.84. The average Bonchev–Trinajstić information content (AvgIpc) is 2.62. The predicted octanol–water partition coefficient (Wildman–Crippen LogP) is 2.31. The molecule has 0 bridgehead atoms. The first-order valence-electron chi connectivity index (χ1n) is 3.24. The Labute approximate surface area is 79.7 Å². The van der Waals surface area contributed by atoms with E-state index in [0.29, 0.717) is 12.5 Å². The first kappa shape index (κ1) is 9.43. The number of alkyl halides is 3. The van der Waals surface area contributed by atoms with Crippen LogP contribution in [0, 0.1) is 5.92 Å². The number of ether oxygens (including phenoxy) is 1. The van der Waals surface area contributed by atoms with Crippen LogP contribution in [0.2, 0.25) is 0 Å². The number of esters is 1. The molecule has 0 unspecified atom stereocenters. The minimum absolute atomic E-state index is 0.382. The van der Waals surface area contributed by atoms with Crippen molar-refractivity contribution in [2.45, 2.75) is 16.6 Å². The molecule has 1 rings (SSSR count). The second-order valence-electron chi connectivity index (χ2n) is 2.54. The van der Waals surface area contributed by atoms with Gasteiger partial charge in [0, 0.05) is 0 Å². The van der Waals surface area contributed by atoms with E-state index in [1.807, 2.05) is 0 Å². The van der Waals surface area contributed by atoms with Gasteiger partial charge in [-0.3, -0.25) is 0 Å². The molecule has 0 aliphatic heterocycles. The van der Waals surface area contributed by atoms with Gasteiger partial charge in [-0.2, -0.15) is 0 Å². The number of halogens is 3. The summed E-state index contributed by atoms with van der Waals surface area (Å²) in [5.74, 6) is -0.291. The second kappa shape index (κ2) is 3.38. The van der Waals surface area contributed by atoms with Crippen LogP contribution >= 0.6 is 34.8 Å². The van der Waals surface area contributed by atoms with E-state index in [2.05, 4.69) is 0 Å². The molecule has 0 aromatic carbocycles. The van der Waals surface area contributed by atoms with E-state index < -0.39 is 9.76 Å². The molecule has 11 heavy (non-hydrogen) atoms. The topological polar surface area (TPSA) is 26.3 Å². The molecule has 5 heteroatoms. The van der Waals surface area contributed by atoms with Crippen LogP contribution in [0.15, 0.2) is 0 Å². The highest BCUT2D eigenvalue weighted by Gasteiger charge is 2.34. The fourth-order valence-corrected chi connectivity index (χ4v) is 0.724. The van der Waals surface area contributed by atoms with E-state index >= 15 is 0 Å². The molecular weight excluding hydrogens is 210 g/mol. The average molecular weight is 217 g/mol. The van der Waals surface area contributed by atoms with Crippen molar-refractivity contribution < 1.29 is 9.53 Å². The zero-order valence-electron chi connectivity index (χ0n) is 5.65. The van der Waals surface area contributed by atoms with Crippen LogP contribution in [0.5, 0.6) is 0 Å². The van der Waals surface area contributed by atoms with Gasteiger partial charge in [-0.05, 0) is 18.8 Å². The van der Waals surface area contributed by atoms with Crippen molar-refractivity contribution in [3.05, 3.63) is 0 Å². The van der Waals surface area contributed by atoms with Crippen molar-refractivity contribution in [1.29, 1.82) is 0 Å². The summed E-state index contributed by atoms with van der Waals surface area (Å²) in [6.45, 7) is 0.382. The van der Waals surface area contributed by atoms with Gasteiger partial charge in [-0.1, -0.05) is 34.8 Å². The van der Waals surface area contributed by atoms with Crippen molar-refractivity contribution >= 4 is 40.8 Å². The van der Waals surface area contributed by atoms with E-state index in [4.69, 9.17) is 39.5 Å². The lowest BCUT2D eigenvalue weighted by Gasteiger charge is -2.09. The maximum absolute atomic E-state index is 10.8. The lowest BCUT2D eigenvalue weighted by atomic mass is 10.5. The summed E-state index contributed by atoms with van der Waals surface area (Å²) in [6.07, 6.45) is 2.21. The maximum atomic E-state index is 10.8. The molecule has 0 N–H and O–H groups in total. The number of rotatable bonds is 2. The van der Waals surface area contributed by atoms with Crippen LogP contribution in [0.3, 0.4) is 0 Å². The Morgan fingerprint density at radius 2 is 2.00 bits per heavy atom. The third-order valence-electron chi connectivity index (χ3n) is 1.38. The summed E-state index contributed by atoms with van der Waals surface area (Å²) in [4.78, 5) is 10.8. The van der Waals surface area contributed by atoms with Gasteiger partial charge in [0.15, 0.2) is 0 Å². The van der Waals surface area contributed by atoms with Gasteiger partial charge in [0.25, 0.3) is 3.79 Å². The number of hydrogen-bond donors (Lipinski definition) is 0. The lowest BCUT2D eigenvalue weighted by molar-refractivity contribution is -0.143. The molecule has 2 nitrogen and oxygen atoms in total. The van der Waals surface area contributed by atoms with E-state index in [-0.39, 0.29) is 0 Å². The first-order chi connectivity index (χ1) is 5.00. The third kappa shape index (κ3) is 3.50. The minimum Gasteiger partial charge on any atom is -0.462 e. The van der Waals surface area contributed by atoms with Crippen LogP contribution in [0.1, 0.15) is 12.8 Å². The molecule has 0 aromatic rings. The highest BCUT2D eigenvalue weighted by molar-refractivity contribution is 6.75. The SMILES string of the molecule is O=C(OCC1CC1)C(Cl)(Cl)Cl. The van der Waals surface area contributed by atoms with Crippen LogP contribution in [-0.2, 0) is 9.53 Å². The molecule has 1 aliphatic rings. The molecule has 0 aromatic heterocycles. The highest BCUT2D eigenvalue weighted by atomic mass is 35.6. The van der Waals surface area contributed by atoms with Crippen LogP contribution in [-0.4, -0.2) is 16.4 Å². The summed E-state index contributed by atoms with van der Waals surface area (Å²) in [5.41, 5.74) is 0. The Morgan fingerprint density at radius 1 is 1.45 bits per heavy atom. The normalized spacial score (nSPS) is 18.1. The molecule has 1 saturated carbocycles. The second-order valence-corrected chi connectivity index (χ2v) is 4.82. The first-order valence-corrected chi connectivity index (χ1v) is 4.37. The number of carbonyl (C=O) groups excluding carboxylic acids is 1. The molecule has 1 aliphatic carbocycles. The smallest absolute Gasteiger partial charge is 0.358 e. The van der Waals surface area contributed by atoms with Gasteiger partial charge in [-0.15, -0.1) is 0 Å². The Kier molecular flexibility index (Phi) is 2.90. The number of carbonyl (C=O) groups is 1. The van der Waals surface area contributed by atoms with Crippen molar-refractivity contribution in [2.24, 2.45) is 5.92 Å². The molecule has 1 fully saturated rings. The van der Waals surface area contributed by atoms with Gasteiger partial charge < -0.3 is 4.74 Å². The molecule has 0 radical (unpaired) electrons. The summed E-state index contributed by atoms with van der Waals surface area (Å²) < 4.78 is 2.77. The quantitative estimate of drug-likeness (QED) is 0.524. The van der Waals surface area contributed by atoms with Crippen molar-refractivity contribution in [3.8, 4) is 0 Å². The van der Waals surface area contributed by atoms with Crippen LogP contribution < -0.4 is 0 Å². The van der Waals surface area contributed by atoms with Gasteiger partial charge >= 0.3 is 5.97 Å². The zero-order valence-corrected chi connectivity index (χ0v) is 7.92. The summed E-state index contributed by atoms with van der Waals surface area (Å²) in [6, 6.07) is 0. The Bertz CT molecular complexity index is 160. The van der Waals surface area contributed by atoms with E-state index in [9.17, 15) is 4.79 Å². The standard InChI is InChI=1S/C6H7Cl3O2/c7-6(8,9)5(10)11-3-4-1-2-4/h4H,1-3H2. The summed E-state index contributed by atoms with van der Waals surface area (Å²) in [7, 11) is 0. The van der Waals surface area contributed by atoms with Gasteiger partial charge in [0.05, 0.1) is 6.61 Å². The van der Waals surface area contributed by atoms with Crippen molar-refractivity contribution in [3.63, 3.8) is 0 Å². The molecule has 0 heterocycles. The maximum Gasteiger partial charge on any atom is 0.358 e. The van der Waals surface area contributed by atoms with Crippen LogP contribution in [0.25, 0.3) is 0 Å². The molecule has 0 atom stereocenters. The van der Waals surface area contributed by atoms with E-state index in [0.717, 1.165) is 12.8 Å². The van der Waals surface area contributed by atoms with E-state index in [1.54, 1.807) is 0 Å². The monoisotopic (exact) mass is 216 g/mol. The fourth-order valence-electron chi connectivity index (χ4n) is 0.560. The molecule has 64 valence electrons. The zero-order chi connectivity index (χ0) is 8.48. The Morgan fingerprint density at radius 3 is 2.36 bits per heavy atom. The minimum atomic E-state index is -1.92. The number of hydrogen-bond acceptors (Lipinski definition) is 2. The van der Waals surface area contributed by atoms with Gasteiger partial charge in [0.2, 0.25) is 0 Å². The van der Waals surface area contributed by atoms with Gasteiger partial charge in [-0.25, -0.2) is 4.79 Å². The Hall–Kier alpha value is 0.340. The van der Waals surface area contributed by atoms with Crippen molar-refractivity contribution in [1.82, 2.24) is 0 Å². The Balaban J connectivity index is 2.19. The largest absolute Gasteiger partial charge is 0.462 e. The van der Waals surface area contributed by atoms with Gasteiger partial charge in [0.1, 0.15) is 0 Å². The molecule has 0 amide bonds. The highest BCUT2D eigenvalue weighted by Crippen LogP contribution is 2.31. The molecule has 0 saturated heterocycles. The molecule has 0 spiro atoms. The summed E-state index contributed by atoms with van der Waals surface area (Å²) in [5, 5.41) is 0. The lowest BCUT2D eigenvalue weighted by Crippen LogP contribution is -2.22. The summed E-state index contributed by atoms with van der Waals surface area (Å²) >= 11 is 15.7.